The number of alkyl halides is 3. The molecule has 0 fully saturated rings. The van der Waals surface area contributed by atoms with Gasteiger partial charge in [0.05, 0.1) is 45.4 Å². The number of carbonyl (C=O) groups excluding carboxylic acids is 1. The van der Waals surface area contributed by atoms with Crippen LogP contribution in [0.15, 0.2) is 54.7 Å². The molecule has 2 heterocycles. The van der Waals surface area contributed by atoms with Crippen LogP contribution in [0.2, 0.25) is 5.02 Å². The summed E-state index contributed by atoms with van der Waals surface area (Å²) in [6.45, 7) is 1.91. The zero-order chi connectivity index (χ0) is 23.8. The number of nitrogens with one attached hydrogen (secondary N) is 1. The predicted octanol–water partition coefficient (Wildman–Crippen LogP) is 5.78. The number of fused-ring (bicyclic) bond motifs is 1. The van der Waals surface area contributed by atoms with Gasteiger partial charge in [0.25, 0.3) is 5.91 Å². The van der Waals surface area contributed by atoms with Crippen molar-refractivity contribution in [3.63, 3.8) is 0 Å². The van der Waals surface area contributed by atoms with Gasteiger partial charge < -0.3 is 10.1 Å². The van der Waals surface area contributed by atoms with E-state index in [1.54, 1.807) is 14.0 Å². The maximum Gasteiger partial charge on any atom is 0.416 e. The lowest BCUT2D eigenvalue weighted by Gasteiger charge is -2.13. The number of aromatic nitrogens is 3. The summed E-state index contributed by atoms with van der Waals surface area (Å²) in [5, 5.41) is 7.00. The fourth-order valence-electron chi connectivity index (χ4n) is 3.49. The molecular formula is C23H18ClF3N4O2. The third kappa shape index (κ3) is 4.42. The van der Waals surface area contributed by atoms with Crippen LogP contribution in [0, 0.1) is 6.92 Å². The molecule has 0 unspecified atom stereocenters. The first-order valence-electron chi connectivity index (χ1n) is 9.80. The van der Waals surface area contributed by atoms with Gasteiger partial charge in [-0.3, -0.25) is 4.79 Å². The Hall–Kier alpha value is -3.43. The fraction of sp³-hybridized carbons (Fsp3) is 0.174. The van der Waals surface area contributed by atoms with E-state index in [-0.39, 0.29) is 22.9 Å². The molecule has 0 atom stereocenters. The molecule has 33 heavy (non-hydrogen) atoms. The highest BCUT2D eigenvalue weighted by molar-refractivity contribution is 6.34. The molecule has 0 aliphatic carbocycles. The van der Waals surface area contributed by atoms with Crippen LogP contribution in [0.5, 0.6) is 0 Å². The minimum atomic E-state index is -4.57. The standard InChI is InChI=1S/C23H18ClF3N4O2/c1-13-16(22(32)29-18-10-15(23(25,26)27)8-9-17(18)24)11-28-21-20(14-6-4-3-5-7-14)19(12-33-2)30-31(13)21/h3-11H,12H2,1-2H3,(H,29,32). The number of halogens is 4. The Morgan fingerprint density at radius 1 is 1.18 bits per heavy atom. The first-order chi connectivity index (χ1) is 15.7. The van der Waals surface area contributed by atoms with Crippen molar-refractivity contribution >= 4 is 28.8 Å². The Bertz CT molecular complexity index is 1340. The Morgan fingerprint density at radius 3 is 2.58 bits per heavy atom. The van der Waals surface area contributed by atoms with E-state index in [4.69, 9.17) is 16.3 Å². The van der Waals surface area contributed by atoms with Crippen LogP contribution >= 0.6 is 11.6 Å². The number of hydrogen-bond acceptors (Lipinski definition) is 4. The lowest BCUT2D eigenvalue weighted by molar-refractivity contribution is -0.137. The lowest BCUT2D eigenvalue weighted by atomic mass is 10.1. The topological polar surface area (TPSA) is 68.5 Å². The Kier molecular flexibility index (Phi) is 6.09. The molecule has 6 nitrogen and oxygen atoms in total. The SMILES string of the molecule is COCc1nn2c(C)c(C(=O)Nc3cc(C(F)(F)F)ccc3Cl)cnc2c1-c1ccccc1. The van der Waals surface area contributed by atoms with Crippen molar-refractivity contribution < 1.29 is 22.7 Å². The molecule has 1 N–H and O–H groups in total. The summed E-state index contributed by atoms with van der Waals surface area (Å²) in [7, 11) is 1.55. The predicted molar refractivity (Wildman–Crippen MR) is 118 cm³/mol. The van der Waals surface area contributed by atoms with E-state index < -0.39 is 17.6 Å². The second-order valence-electron chi connectivity index (χ2n) is 7.26. The summed E-state index contributed by atoms with van der Waals surface area (Å²) in [5.74, 6) is -0.659. The van der Waals surface area contributed by atoms with Gasteiger partial charge in [-0.2, -0.15) is 18.3 Å². The van der Waals surface area contributed by atoms with Crippen LogP contribution in [0.3, 0.4) is 0 Å². The molecule has 0 radical (unpaired) electrons. The van der Waals surface area contributed by atoms with Gasteiger partial charge in [-0.25, -0.2) is 9.50 Å². The average molecular weight is 475 g/mol. The zero-order valence-electron chi connectivity index (χ0n) is 17.6. The first-order valence-corrected chi connectivity index (χ1v) is 10.2. The number of amides is 1. The second-order valence-corrected chi connectivity index (χ2v) is 7.67. The molecule has 170 valence electrons. The molecule has 0 aliphatic rings. The van der Waals surface area contributed by atoms with Crippen LogP contribution in [-0.2, 0) is 17.5 Å². The largest absolute Gasteiger partial charge is 0.416 e. The van der Waals surface area contributed by atoms with Gasteiger partial charge in [-0.05, 0) is 30.7 Å². The molecule has 0 saturated heterocycles. The van der Waals surface area contributed by atoms with Crippen LogP contribution in [0.1, 0.15) is 27.3 Å². The normalized spacial score (nSPS) is 11.7. The smallest absolute Gasteiger partial charge is 0.378 e. The third-order valence-electron chi connectivity index (χ3n) is 5.09. The van der Waals surface area contributed by atoms with Crippen molar-refractivity contribution in [2.45, 2.75) is 19.7 Å². The highest BCUT2D eigenvalue weighted by Crippen LogP contribution is 2.34. The van der Waals surface area contributed by atoms with Crippen molar-refractivity contribution in [1.82, 2.24) is 14.6 Å². The first kappa shape index (κ1) is 22.8. The molecule has 4 aromatic rings. The van der Waals surface area contributed by atoms with E-state index in [0.29, 0.717) is 17.0 Å². The molecule has 0 aliphatic heterocycles. The number of aryl methyl sites for hydroxylation is 1. The van der Waals surface area contributed by atoms with E-state index in [0.717, 1.165) is 29.3 Å². The quantitative estimate of drug-likeness (QED) is 0.398. The number of benzene rings is 2. The minimum absolute atomic E-state index is 0.0177. The summed E-state index contributed by atoms with van der Waals surface area (Å²) in [6.07, 6.45) is -3.20. The molecule has 10 heteroatoms. The van der Waals surface area contributed by atoms with Crippen LogP contribution in [0.25, 0.3) is 16.8 Å². The number of anilines is 1. The van der Waals surface area contributed by atoms with Gasteiger partial charge in [0.1, 0.15) is 0 Å². The second kappa shape index (κ2) is 8.84. The number of methoxy groups -OCH3 is 1. The fourth-order valence-corrected chi connectivity index (χ4v) is 3.65. The van der Waals surface area contributed by atoms with Crippen LogP contribution in [-0.4, -0.2) is 27.6 Å². The molecule has 1 amide bonds. The summed E-state index contributed by atoms with van der Waals surface area (Å²) >= 11 is 6.01. The van der Waals surface area contributed by atoms with Gasteiger partial charge in [-0.1, -0.05) is 41.9 Å². The van der Waals surface area contributed by atoms with Crippen molar-refractivity contribution in [3.05, 3.63) is 82.3 Å². The number of carbonyl (C=O) groups is 1. The molecule has 0 saturated carbocycles. The number of rotatable bonds is 5. The van der Waals surface area contributed by atoms with E-state index in [1.807, 2.05) is 30.3 Å². The van der Waals surface area contributed by atoms with Gasteiger partial charge in [-0.15, -0.1) is 0 Å². The minimum Gasteiger partial charge on any atom is -0.378 e. The van der Waals surface area contributed by atoms with Crippen LogP contribution < -0.4 is 5.32 Å². The lowest BCUT2D eigenvalue weighted by Crippen LogP contribution is -2.17. The van der Waals surface area contributed by atoms with Gasteiger partial charge >= 0.3 is 6.18 Å². The van der Waals surface area contributed by atoms with Crippen molar-refractivity contribution in [2.24, 2.45) is 0 Å². The maximum absolute atomic E-state index is 13.1. The highest BCUT2D eigenvalue weighted by atomic mass is 35.5. The maximum atomic E-state index is 13.1. The molecule has 2 aromatic carbocycles. The summed E-state index contributed by atoms with van der Waals surface area (Å²) in [6, 6.07) is 12.2. The van der Waals surface area contributed by atoms with Crippen molar-refractivity contribution in [1.29, 1.82) is 0 Å². The number of nitrogens with zero attached hydrogens (tertiary/aromatic N) is 3. The van der Waals surface area contributed by atoms with Gasteiger partial charge in [0.15, 0.2) is 5.65 Å². The Morgan fingerprint density at radius 2 is 1.91 bits per heavy atom. The Balaban J connectivity index is 1.76. The van der Waals surface area contributed by atoms with E-state index >= 15 is 0 Å². The summed E-state index contributed by atoms with van der Waals surface area (Å²) in [5.41, 5.74) is 2.35. The monoisotopic (exact) mass is 474 g/mol. The Labute approximate surface area is 192 Å². The van der Waals surface area contributed by atoms with E-state index in [9.17, 15) is 18.0 Å². The zero-order valence-corrected chi connectivity index (χ0v) is 18.3. The molecular weight excluding hydrogens is 457 g/mol. The third-order valence-corrected chi connectivity index (χ3v) is 5.42. The molecule has 0 spiro atoms. The van der Waals surface area contributed by atoms with Crippen molar-refractivity contribution in [3.8, 4) is 11.1 Å². The average Bonchev–Trinajstić information content (AvgIpc) is 3.14. The molecule has 0 bridgehead atoms. The molecule has 4 rings (SSSR count). The van der Waals surface area contributed by atoms with Crippen molar-refractivity contribution in [2.75, 3.05) is 12.4 Å². The van der Waals surface area contributed by atoms with E-state index in [1.165, 1.54) is 10.7 Å². The molecule has 2 aromatic heterocycles. The van der Waals surface area contributed by atoms with Crippen LogP contribution in [0.4, 0.5) is 18.9 Å². The van der Waals surface area contributed by atoms with Gasteiger partial charge in [0.2, 0.25) is 0 Å². The summed E-state index contributed by atoms with van der Waals surface area (Å²) in [4.78, 5) is 17.4. The summed E-state index contributed by atoms with van der Waals surface area (Å²) < 4.78 is 46.0. The van der Waals surface area contributed by atoms with E-state index in [2.05, 4.69) is 15.4 Å². The number of hydrogen-bond donors (Lipinski definition) is 1. The highest BCUT2D eigenvalue weighted by Gasteiger charge is 2.31. The van der Waals surface area contributed by atoms with Gasteiger partial charge in [0, 0.05) is 13.3 Å². The number of ether oxygens (including phenoxy) is 1.